The van der Waals surface area contributed by atoms with Gasteiger partial charge in [0, 0.05) is 5.92 Å². The van der Waals surface area contributed by atoms with Crippen LogP contribution in [0.2, 0.25) is 0 Å². The Labute approximate surface area is 151 Å². The molecule has 0 unspecified atom stereocenters. The molecule has 128 valence electrons. The van der Waals surface area contributed by atoms with E-state index in [-0.39, 0.29) is 23.8 Å². The molecule has 3 aromatic carbocycles. The molecule has 5 rings (SSSR count). The number of hydrogen-bond donors (Lipinski definition) is 0. The van der Waals surface area contributed by atoms with Crippen molar-refractivity contribution in [2.45, 2.75) is 12.0 Å². The van der Waals surface area contributed by atoms with Crippen LogP contribution in [0, 0.1) is 0 Å². The Kier molecular flexibility index (Phi) is 3.40. The van der Waals surface area contributed by atoms with Gasteiger partial charge in [0.2, 0.25) is 0 Å². The van der Waals surface area contributed by atoms with E-state index >= 15 is 0 Å². The Morgan fingerprint density at radius 3 is 2.15 bits per heavy atom. The molecule has 2 aliphatic heterocycles. The van der Waals surface area contributed by atoms with Gasteiger partial charge in [-0.25, -0.2) is 0 Å². The van der Waals surface area contributed by atoms with Crippen LogP contribution in [-0.4, -0.2) is 36.0 Å². The average molecular weight is 343 g/mol. The van der Waals surface area contributed by atoms with Crippen molar-refractivity contribution in [1.29, 1.82) is 0 Å². The molecule has 0 spiro atoms. The molecule has 4 heteroatoms. The maximum Gasteiger partial charge on any atom is 0.261 e. The van der Waals surface area contributed by atoms with E-state index in [9.17, 15) is 9.59 Å². The normalized spacial score (nSPS) is 22.2. The van der Waals surface area contributed by atoms with Crippen molar-refractivity contribution in [3.8, 4) is 0 Å². The van der Waals surface area contributed by atoms with Gasteiger partial charge in [0.05, 0.1) is 30.4 Å². The number of ether oxygens (including phenoxy) is 1. The van der Waals surface area contributed by atoms with E-state index < -0.39 is 0 Å². The lowest BCUT2D eigenvalue weighted by Gasteiger charge is -2.26. The Morgan fingerprint density at radius 1 is 0.769 bits per heavy atom. The van der Waals surface area contributed by atoms with Gasteiger partial charge in [-0.05, 0) is 28.5 Å². The maximum atomic E-state index is 12.8. The van der Waals surface area contributed by atoms with Crippen LogP contribution >= 0.6 is 0 Å². The first-order valence-corrected chi connectivity index (χ1v) is 8.77. The summed E-state index contributed by atoms with van der Waals surface area (Å²) in [4.78, 5) is 27.1. The molecule has 0 bridgehead atoms. The van der Waals surface area contributed by atoms with Crippen LogP contribution in [0.25, 0.3) is 10.8 Å². The summed E-state index contributed by atoms with van der Waals surface area (Å²) in [6.45, 7) is 0.888. The second-order valence-corrected chi connectivity index (χ2v) is 6.84. The Morgan fingerprint density at radius 2 is 1.42 bits per heavy atom. The zero-order valence-electron chi connectivity index (χ0n) is 14.1. The number of fused-ring (bicyclic) bond motifs is 2. The number of carbonyl (C=O) groups is 2. The van der Waals surface area contributed by atoms with Gasteiger partial charge in [0.1, 0.15) is 0 Å². The number of hydrogen-bond acceptors (Lipinski definition) is 3. The third kappa shape index (κ3) is 2.19. The monoisotopic (exact) mass is 343 g/mol. The van der Waals surface area contributed by atoms with E-state index in [1.807, 2.05) is 12.1 Å². The van der Waals surface area contributed by atoms with E-state index in [4.69, 9.17) is 4.74 Å². The number of carbonyl (C=O) groups excluding carboxylic acids is 2. The molecule has 4 nitrogen and oxygen atoms in total. The third-order valence-corrected chi connectivity index (χ3v) is 5.41. The second-order valence-electron chi connectivity index (χ2n) is 6.84. The summed E-state index contributed by atoms with van der Waals surface area (Å²) in [5.41, 5.74) is 2.08. The molecule has 0 saturated carbocycles. The third-order valence-electron chi connectivity index (χ3n) is 5.41. The maximum absolute atomic E-state index is 12.8. The van der Waals surface area contributed by atoms with Gasteiger partial charge in [0.25, 0.3) is 11.8 Å². The van der Waals surface area contributed by atoms with Crippen molar-refractivity contribution in [3.63, 3.8) is 0 Å². The smallest absolute Gasteiger partial charge is 0.261 e. The van der Waals surface area contributed by atoms with Crippen LogP contribution in [0.4, 0.5) is 0 Å². The molecule has 2 atom stereocenters. The van der Waals surface area contributed by atoms with Gasteiger partial charge < -0.3 is 4.74 Å². The van der Waals surface area contributed by atoms with Crippen LogP contribution in [-0.2, 0) is 4.74 Å². The molecular formula is C22H17NO3. The highest BCUT2D eigenvalue weighted by Crippen LogP contribution is 2.35. The van der Waals surface area contributed by atoms with Gasteiger partial charge in [-0.15, -0.1) is 0 Å². The molecule has 0 radical (unpaired) electrons. The average Bonchev–Trinajstić information content (AvgIpc) is 3.25. The Bertz CT molecular complexity index is 1010. The predicted molar refractivity (Wildman–Crippen MR) is 98.2 cm³/mol. The first kappa shape index (κ1) is 15.3. The summed E-state index contributed by atoms with van der Waals surface area (Å²) in [5.74, 6) is -0.444. The van der Waals surface area contributed by atoms with Gasteiger partial charge >= 0.3 is 0 Å². The van der Waals surface area contributed by atoms with E-state index in [0.717, 1.165) is 10.9 Å². The van der Waals surface area contributed by atoms with E-state index in [1.54, 1.807) is 24.3 Å². The van der Waals surface area contributed by atoms with Crippen molar-refractivity contribution < 1.29 is 14.3 Å². The standard InChI is InChI=1S/C22H17NO3/c24-21-17-7-3-4-8-18(17)22(25)23(21)20-13-26-12-19(20)16-10-9-14-5-1-2-6-15(14)11-16/h1-11,19-20H,12-13H2/t19-,20+/m1/s1. The molecule has 26 heavy (non-hydrogen) atoms. The van der Waals surface area contributed by atoms with Gasteiger partial charge in [0.15, 0.2) is 0 Å². The molecule has 1 fully saturated rings. The second kappa shape index (κ2) is 5.78. The van der Waals surface area contributed by atoms with E-state index in [1.165, 1.54) is 10.3 Å². The Hall–Kier alpha value is -2.98. The highest BCUT2D eigenvalue weighted by atomic mass is 16.5. The molecule has 0 N–H and O–H groups in total. The van der Waals surface area contributed by atoms with Crippen LogP contribution in [0.1, 0.15) is 32.2 Å². The lowest BCUT2D eigenvalue weighted by Crippen LogP contribution is -2.43. The van der Waals surface area contributed by atoms with Crippen LogP contribution in [0.15, 0.2) is 66.7 Å². The molecular weight excluding hydrogens is 326 g/mol. The molecule has 1 saturated heterocycles. The highest BCUT2D eigenvalue weighted by Gasteiger charge is 2.45. The van der Waals surface area contributed by atoms with Crippen LogP contribution in [0.5, 0.6) is 0 Å². The Balaban J connectivity index is 1.53. The summed E-state index contributed by atoms with van der Waals surface area (Å²) in [6, 6.07) is 21.2. The minimum absolute atomic E-state index is 0.0122. The fourth-order valence-corrected chi connectivity index (χ4v) is 4.06. The summed E-state index contributed by atoms with van der Waals surface area (Å²) >= 11 is 0. The topological polar surface area (TPSA) is 46.6 Å². The number of amides is 2. The molecule has 2 aliphatic rings. The molecule has 0 aliphatic carbocycles. The fraction of sp³-hybridized carbons (Fsp3) is 0.182. The fourth-order valence-electron chi connectivity index (χ4n) is 4.06. The predicted octanol–water partition coefficient (Wildman–Crippen LogP) is 3.62. The quantitative estimate of drug-likeness (QED) is 0.668. The molecule has 3 aromatic rings. The number of nitrogens with zero attached hydrogens (tertiary/aromatic N) is 1. The van der Waals surface area contributed by atoms with Crippen molar-refractivity contribution in [2.75, 3.05) is 13.2 Å². The number of rotatable bonds is 2. The zero-order chi connectivity index (χ0) is 17.7. The largest absolute Gasteiger partial charge is 0.379 e. The van der Waals surface area contributed by atoms with Crippen molar-refractivity contribution in [2.24, 2.45) is 0 Å². The minimum atomic E-state index is -0.274. The van der Waals surface area contributed by atoms with Gasteiger partial charge in [-0.2, -0.15) is 0 Å². The van der Waals surface area contributed by atoms with Gasteiger partial charge in [-0.1, -0.05) is 54.6 Å². The zero-order valence-corrected chi connectivity index (χ0v) is 14.1. The summed E-state index contributed by atoms with van der Waals surface area (Å²) in [5, 5.41) is 2.32. The lowest BCUT2D eigenvalue weighted by atomic mass is 9.91. The molecule has 0 aromatic heterocycles. The first-order chi connectivity index (χ1) is 12.7. The van der Waals surface area contributed by atoms with Crippen molar-refractivity contribution >= 4 is 22.6 Å². The van der Waals surface area contributed by atoms with Crippen LogP contribution in [0.3, 0.4) is 0 Å². The summed E-state index contributed by atoms with van der Waals surface area (Å²) in [7, 11) is 0. The first-order valence-electron chi connectivity index (χ1n) is 8.77. The summed E-state index contributed by atoms with van der Waals surface area (Å²) in [6.07, 6.45) is 0. The number of imide groups is 1. The van der Waals surface area contributed by atoms with E-state index in [0.29, 0.717) is 24.3 Å². The lowest BCUT2D eigenvalue weighted by molar-refractivity contribution is 0.0558. The van der Waals surface area contributed by atoms with Crippen LogP contribution < -0.4 is 0 Å². The van der Waals surface area contributed by atoms with Crippen molar-refractivity contribution in [1.82, 2.24) is 4.90 Å². The van der Waals surface area contributed by atoms with E-state index in [2.05, 4.69) is 30.3 Å². The molecule has 2 amide bonds. The number of benzene rings is 3. The summed E-state index contributed by atoms with van der Waals surface area (Å²) < 4.78 is 5.70. The SMILES string of the molecule is O=C1c2ccccc2C(=O)N1[C@H]1COC[C@@H]1c1ccc2ccccc2c1. The van der Waals surface area contributed by atoms with Gasteiger partial charge in [-0.3, -0.25) is 14.5 Å². The molecule has 2 heterocycles. The highest BCUT2D eigenvalue weighted by molar-refractivity contribution is 6.21. The minimum Gasteiger partial charge on any atom is -0.379 e. The van der Waals surface area contributed by atoms with Crippen molar-refractivity contribution in [3.05, 3.63) is 83.4 Å².